The van der Waals surface area contributed by atoms with Crippen molar-refractivity contribution >= 4 is 25.5 Å². The fourth-order valence-corrected chi connectivity index (χ4v) is 3.87. The number of sulfonamides is 1. The van der Waals surface area contributed by atoms with E-state index in [1.807, 2.05) is 0 Å². The number of primary sulfonamides is 1. The lowest BCUT2D eigenvalue weighted by Gasteiger charge is -2.26. The smallest absolute Gasteiger partial charge is 0.219 e. The Morgan fingerprint density at radius 3 is 1.86 bits per heavy atom. The second-order valence-electron chi connectivity index (χ2n) is 4.70. The lowest BCUT2D eigenvalue weighted by molar-refractivity contribution is 0.574. The van der Waals surface area contributed by atoms with Crippen LogP contribution in [0.25, 0.3) is 0 Å². The minimum atomic E-state index is -3.93. The Hall–Kier alpha value is -1.68. The number of sulfone groups is 1. The molecule has 1 aromatic carbocycles. The minimum absolute atomic E-state index is 0.0115. The molecular weight excluding hydrogens is 314 g/mol. The molecule has 0 atom stereocenters. The van der Waals surface area contributed by atoms with Crippen LogP contribution in [-0.2, 0) is 19.9 Å². The SMILES string of the molecule is Nc1ccc(S(=O)(=O)C2(N)C=CC(S(N)(=O)=O)C=C2)cc1. The summed E-state index contributed by atoms with van der Waals surface area (Å²) in [5.74, 6) is 0. The summed E-state index contributed by atoms with van der Waals surface area (Å²) in [5.41, 5.74) is 11.8. The van der Waals surface area contributed by atoms with Gasteiger partial charge in [0.2, 0.25) is 19.9 Å². The highest BCUT2D eigenvalue weighted by atomic mass is 32.2. The number of nitrogens with two attached hydrogens (primary N) is 3. The van der Waals surface area contributed by atoms with E-state index in [1.54, 1.807) is 0 Å². The molecule has 7 nitrogen and oxygen atoms in total. The number of nitrogen functional groups attached to an aromatic ring is 1. The zero-order valence-corrected chi connectivity index (χ0v) is 12.5. The molecule has 0 fully saturated rings. The van der Waals surface area contributed by atoms with E-state index >= 15 is 0 Å². The Kier molecular flexibility index (Phi) is 3.70. The molecule has 1 aromatic rings. The maximum atomic E-state index is 12.5. The second kappa shape index (κ2) is 4.95. The Morgan fingerprint density at radius 1 is 0.952 bits per heavy atom. The Bertz CT molecular complexity index is 795. The topological polar surface area (TPSA) is 146 Å². The molecule has 0 heterocycles. The summed E-state index contributed by atoms with van der Waals surface area (Å²) in [6.07, 6.45) is 4.55. The number of hydrogen-bond acceptors (Lipinski definition) is 6. The van der Waals surface area contributed by atoms with Crippen molar-refractivity contribution in [2.24, 2.45) is 10.9 Å². The van der Waals surface area contributed by atoms with E-state index in [2.05, 4.69) is 0 Å². The van der Waals surface area contributed by atoms with Crippen LogP contribution in [0.15, 0.2) is 53.5 Å². The highest BCUT2D eigenvalue weighted by Crippen LogP contribution is 2.28. The lowest BCUT2D eigenvalue weighted by atomic mass is 10.1. The number of anilines is 1. The molecule has 114 valence electrons. The third-order valence-corrected chi connectivity index (χ3v) is 6.30. The monoisotopic (exact) mass is 329 g/mol. The highest BCUT2D eigenvalue weighted by Gasteiger charge is 2.39. The lowest BCUT2D eigenvalue weighted by Crippen LogP contribution is -2.46. The van der Waals surface area contributed by atoms with Crippen LogP contribution in [0, 0.1) is 0 Å². The van der Waals surface area contributed by atoms with Gasteiger partial charge in [-0.25, -0.2) is 22.0 Å². The predicted molar refractivity (Wildman–Crippen MR) is 80.1 cm³/mol. The summed E-state index contributed by atoms with van der Waals surface area (Å²) in [4.78, 5) is -1.84. The van der Waals surface area contributed by atoms with E-state index < -0.39 is 30.0 Å². The first-order valence-corrected chi connectivity index (χ1v) is 8.95. The standard InChI is InChI=1S/C12H15N3O4S2/c13-9-1-3-10(4-2-9)20(16,17)12(14)7-5-11(6-8-12)21(15,18)19/h1-8,11H,13-14H2,(H2,15,18,19). The van der Waals surface area contributed by atoms with Crippen LogP contribution in [0.1, 0.15) is 0 Å². The van der Waals surface area contributed by atoms with Crippen LogP contribution in [0.5, 0.6) is 0 Å². The summed E-state index contributed by atoms with van der Waals surface area (Å²) in [6.45, 7) is 0. The molecule has 2 rings (SSSR count). The van der Waals surface area contributed by atoms with Gasteiger partial charge in [-0.3, -0.25) is 0 Å². The normalized spacial score (nSPS) is 25.9. The van der Waals surface area contributed by atoms with Crippen LogP contribution >= 0.6 is 0 Å². The van der Waals surface area contributed by atoms with E-state index in [0.717, 1.165) is 24.3 Å². The quantitative estimate of drug-likeness (QED) is 0.502. The molecule has 0 spiro atoms. The van der Waals surface area contributed by atoms with E-state index in [-0.39, 0.29) is 4.90 Å². The van der Waals surface area contributed by atoms with E-state index in [1.165, 1.54) is 24.3 Å². The fraction of sp³-hybridized carbons (Fsp3) is 0.167. The summed E-state index contributed by atoms with van der Waals surface area (Å²) in [6, 6.07) is 5.57. The van der Waals surface area contributed by atoms with Crippen molar-refractivity contribution in [3.8, 4) is 0 Å². The molecule has 1 aliphatic carbocycles. The van der Waals surface area contributed by atoms with Crippen LogP contribution in [0.2, 0.25) is 0 Å². The molecule has 6 N–H and O–H groups in total. The van der Waals surface area contributed by atoms with Gasteiger partial charge in [-0.15, -0.1) is 0 Å². The van der Waals surface area contributed by atoms with Crippen molar-refractivity contribution in [2.45, 2.75) is 15.0 Å². The maximum Gasteiger partial charge on any atom is 0.219 e. The van der Waals surface area contributed by atoms with Crippen molar-refractivity contribution in [1.29, 1.82) is 0 Å². The highest BCUT2D eigenvalue weighted by molar-refractivity contribution is 7.93. The number of benzene rings is 1. The van der Waals surface area contributed by atoms with Gasteiger partial charge in [0.05, 0.1) is 4.90 Å². The molecule has 0 unspecified atom stereocenters. The van der Waals surface area contributed by atoms with Crippen molar-refractivity contribution in [2.75, 3.05) is 5.73 Å². The van der Waals surface area contributed by atoms with E-state index in [4.69, 9.17) is 16.6 Å². The predicted octanol–water partition coefficient (Wildman–Crippen LogP) is -0.519. The molecule has 0 aliphatic heterocycles. The van der Waals surface area contributed by atoms with Crippen LogP contribution in [-0.4, -0.2) is 27.0 Å². The summed E-state index contributed by atoms with van der Waals surface area (Å²) in [5, 5.41) is 3.91. The van der Waals surface area contributed by atoms with Gasteiger partial charge in [-0.05, 0) is 36.4 Å². The summed E-state index contributed by atoms with van der Waals surface area (Å²) >= 11 is 0. The van der Waals surface area contributed by atoms with Crippen molar-refractivity contribution in [3.05, 3.63) is 48.6 Å². The number of rotatable bonds is 3. The molecule has 0 radical (unpaired) electrons. The van der Waals surface area contributed by atoms with Crippen molar-refractivity contribution < 1.29 is 16.8 Å². The van der Waals surface area contributed by atoms with Gasteiger partial charge in [0, 0.05) is 5.69 Å². The molecule has 0 aromatic heterocycles. The van der Waals surface area contributed by atoms with Gasteiger partial charge in [0.25, 0.3) is 0 Å². The largest absolute Gasteiger partial charge is 0.399 e. The van der Waals surface area contributed by atoms with Crippen LogP contribution in [0.3, 0.4) is 0 Å². The second-order valence-corrected chi connectivity index (χ2v) is 8.61. The molecule has 0 saturated heterocycles. The third kappa shape index (κ3) is 2.86. The first-order valence-electron chi connectivity index (χ1n) is 5.86. The molecular formula is C12H15N3O4S2. The Balaban J connectivity index is 2.42. The maximum absolute atomic E-state index is 12.5. The van der Waals surface area contributed by atoms with Gasteiger partial charge >= 0.3 is 0 Å². The van der Waals surface area contributed by atoms with Crippen molar-refractivity contribution in [1.82, 2.24) is 0 Å². The van der Waals surface area contributed by atoms with E-state index in [9.17, 15) is 16.8 Å². The van der Waals surface area contributed by atoms with Crippen LogP contribution in [0.4, 0.5) is 5.69 Å². The Morgan fingerprint density at radius 2 is 1.43 bits per heavy atom. The van der Waals surface area contributed by atoms with Crippen LogP contribution < -0.4 is 16.6 Å². The third-order valence-electron chi connectivity index (χ3n) is 3.13. The first kappa shape index (κ1) is 15.7. The average molecular weight is 329 g/mol. The zero-order chi connectivity index (χ0) is 15.9. The van der Waals surface area contributed by atoms with E-state index in [0.29, 0.717) is 5.69 Å². The number of hydrogen-bond donors (Lipinski definition) is 3. The fourth-order valence-electron chi connectivity index (χ4n) is 1.86. The molecule has 1 aliphatic rings. The molecule has 21 heavy (non-hydrogen) atoms. The molecule has 9 heteroatoms. The summed E-state index contributed by atoms with van der Waals surface area (Å²) < 4.78 is 47.5. The Labute approximate surface area is 123 Å². The summed E-state index contributed by atoms with van der Waals surface area (Å²) in [7, 11) is -7.77. The molecule has 0 amide bonds. The molecule has 0 saturated carbocycles. The van der Waals surface area contributed by atoms with Gasteiger partial charge in [0.15, 0.2) is 4.87 Å². The average Bonchev–Trinajstić information content (AvgIpc) is 2.38. The van der Waals surface area contributed by atoms with Crippen molar-refractivity contribution in [3.63, 3.8) is 0 Å². The van der Waals surface area contributed by atoms with Gasteiger partial charge < -0.3 is 11.5 Å². The first-order chi connectivity index (χ1) is 9.56. The van der Waals surface area contributed by atoms with Gasteiger partial charge in [-0.1, -0.05) is 12.2 Å². The van der Waals surface area contributed by atoms with Gasteiger partial charge in [0.1, 0.15) is 5.25 Å². The van der Waals surface area contributed by atoms with Gasteiger partial charge in [-0.2, -0.15) is 0 Å². The molecule has 0 bridgehead atoms. The zero-order valence-electron chi connectivity index (χ0n) is 10.9. The minimum Gasteiger partial charge on any atom is -0.399 e.